The number of nitrogens with one attached hydrogen (secondary N) is 2. The Balaban J connectivity index is 1.58. The van der Waals surface area contributed by atoms with Crippen molar-refractivity contribution in [2.75, 3.05) is 20.4 Å². The lowest BCUT2D eigenvalue weighted by Crippen LogP contribution is -2.46. The van der Waals surface area contributed by atoms with E-state index in [0.717, 1.165) is 17.7 Å². The fraction of sp³-hybridized carbons (Fsp3) is 0.458. The van der Waals surface area contributed by atoms with Gasteiger partial charge in [0.1, 0.15) is 6.61 Å². The van der Waals surface area contributed by atoms with E-state index in [1.54, 1.807) is 36.6 Å². The average molecular weight is 506 g/mol. The van der Waals surface area contributed by atoms with Gasteiger partial charge in [-0.15, -0.1) is 11.3 Å². The molecule has 3 rings (SSSR count). The number of amides is 3. The van der Waals surface area contributed by atoms with Crippen LogP contribution in [0.3, 0.4) is 0 Å². The lowest BCUT2D eigenvalue weighted by atomic mass is 10.0. The molecule has 2 atom stereocenters. The molecule has 35 heavy (non-hydrogen) atoms. The van der Waals surface area contributed by atoms with Crippen LogP contribution in [0.1, 0.15) is 49.1 Å². The number of benzene rings is 1. The van der Waals surface area contributed by atoms with Crippen molar-refractivity contribution in [2.24, 2.45) is 0 Å². The highest BCUT2D eigenvalue weighted by molar-refractivity contribution is 7.09. The third-order valence-electron chi connectivity index (χ3n) is 5.42. The Morgan fingerprint density at radius 3 is 2.71 bits per heavy atom. The number of hydrogen-bond acceptors (Lipinski definition) is 7. The molecule has 1 aliphatic heterocycles. The predicted octanol–water partition coefficient (Wildman–Crippen LogP) is 4.12. The highest BCUT2D eigenvalue weighted by Crippen LogP contribution is 2.34. The summed E-state index contributed by atoms with van der Waals surface area (Å²) in [6, 6.07) is 7.16. The molecule has 0 unspecified atom stereocenters. The largest absolute Gasteiger partial charge is 0.481 e. The fourth-order valence-corrected chi connectivity index (χ4v) is 4.33. The van der Waals surface area contributed by atoms with Gasteiger partial charge in [0, 0.05) is 11.9 Å². The van der Waals surface area contributed by atoms with Crippen LogP contribution < -0.4 is 20.1 Å². The van der Waals surface area contributed by atoms with Crippen molar-refractivity contribution in [1.82, 2.24) is 15.5 Å². The summed E-state index contributed by atoms with van der Waals surface area (Å²) in [6.07, 6.45) is 1.56. The monoisotopic (exact) mass is 505 g/mol. The zero-order valence-electron chi connectivity index (χ0n) is 19.8. The molecule has 1 aromatic carbocycles. The second-order valence-corrected chi connectivity index (χ2v) is 9.26. The minimum atomic E-state index is -1.06. The molecule has 10 nitrogen and oxygen atoms in total. The van der Waals surface area contributed by atoms with Crippen LogP contribution in [0, 0.1) is 0 Å². The van der Waals surface area contributed by atoms with Gasteiger partial charge in [-0.2, -0.15) is 0 Å². The van der Waals surface area contributed by atoms with Gasteiger partial charge in [0.2, 0.25) is 6.79 Å². The number of carbonyl (C=O) groups is 3. The zero-order valence-corrected chi connectivity index (χ0v) is 20.6. The molecule has 0 saturated carbocycles. The topological polar surface area (TPSA) is 126 Å². The van der Waals surface area contributed by atoms with Crippen LogP contribution in [-0.2, 0) is 16.1 Å². The van der Waals surface area contributed by atoms with Crippen LogP contribution in [0.5, 0.6) is 11.5 Å². The van der Waals surface area contributed by atoms with Crippen molar-refractivity contribution < 1.29 is 33.7 Å². The van der Waals surface area contributed by atoms with Crippen molar-refractivity contribution in [2.45, 2.75) is 51.2 Å². The molecule has 11 heteroatoms. The molecule has 190 valence electrons. The Hall–Kier alpha value is -3.47. The summed E-state index contributed by atoms with van der Waals surface area (Å²) in [6.45, 7) is 2.57. The van der Waals surface area contributed by atoms with Gasteiger partial charge in [-0.25, -0.2) is 9.59 Å². The van der Waals surface area contributed by atoms with Gasteiger partial charge in [-0.05, 0) is 35.6 Å². The minimum Gasteiger partial charge on any atom is -0.481 e. The van der Waals surface area contributed by atoms with Gasteiger partial charge in [0.15, 0.2) is 11.5 Å². The SMILES string of the molecule is CCCC[C@@H](COC(=O)N(C)Cc1cccs1)NC(=O)N[C@@H](CC(=O)O)c1ccc2c(c1)OCO2. The third kappa shape index (κ3) is 8.06. The van der Waals surface area contributed by atoms with Crippen molar-refractivity contribution in [3.05, 3.63) is 46.2 Å². The van der Waals surface area contributed by atoms with Gasteiger partial charge in [-0.1, -0.05) is 31.9 Å². The molecule has 0 spiro atoms. The summed E-state index contributed by atoms with van der Waals surface area (Å²) >= 11 is 1.56. The van der Waals surface area contributed by atoms with E-state index in [2.05, 4.69) is 10.6 Å². The standard InChI is InChI=1S/C24H31N3O7S/c1-3-4-6-17(14-32-24(31)27(2)13-18-7-5-10-35-18)25-23(30)26-19(12-22(28)29)16-8-9-20-21(11-16)34-15-33-20/h5,7-11,17,19H,3-4,6,12-15H2,1-2H3,(H,28,29)(H2,25,26,30)/t17-,19-/m0/s1. The molecule has 0 aliphatic carbocycles. The van der Waals surface area contributed by atoms with E-state index in [4.69, 9.17) is 14.2 Å². The van der Waals surface area contributed by atoms with E-state index in [-0.39, 0.29) is 19.8 Å². The molecule has 0 bridgehead atoms. The van der Waals surface area contributed by atoms with Crippen molar-refractivity contribution >= 4 is 29.4 Å². The van der Waals surface area contributed by atoms with Crippen LogP contribution in [0.4, 0.5) is 9.59 Å². The van der Waals surface area contributed by atoms with Crippen LogP contribution >= 0.6 is 11.3 Å². The molecular weight excluding hydrogens is 474 g/mol. The van der Waals surface area contributed by atoms with Crippen LogP contribution in [-0.4, -0.2) is 54.6 Å². The Morgan fingerprint density at radius 2 is 2.00 bits per heavy atom. The van der Waals surface area contributed by atoms with Crippen LogP contribution in [0.15, 0.2) is 35.7 Å². The molecular formula is C24H31N3O7S. The second-order valence-electron chi connectivity index (χ2n) is 8.23. The van der Waals surface area contributed by atoms with E-state index < -0.39 is 30.2 Å². The second kappa shape index (κ2) is 12.8. The van der Waals surface area contributed by atoms with E-state index in [1.807, 2.05) is 24.4 Å². The first-order valence-corrected chi connectivity index (χ1v) is 12.3. The molecule has 2 aromatic rings. The number of unbranched alkanes of at least 4 members (excludes halogenated alkanes) is 1. The first-order chi connectivity index (χ1) is 16.9. The number of urea groups is 1. The fourth-order valence-electron chi connectivity index (χ4n) is 3.57. The molecule has 0 radical (unpaired) electrons. The Morgan fingerprint density at radius 1 is 1.20 bits per heavy atom. The van der Waals surface area contributed by atoms with Crippen molar-refractivity contribution in [1.29, 1.82) is 0 Å². The van der Waals surface area contributed by atoms with E-state index >= 15 is 0 Å². The zero-order chi connectivity index (χ0) is 25.2. The highest BCUT2D eigenvalue weighted by Gasteiger charge is 2.23. The molecule has 0 saturated heterocycles. The van der Waals surface area contributed by atoms with Gasteiger partial charge in [0.05, 0.1) is 25.0 Å². The number of hydrogen-bond donors (Lipinski definition) is 3. The number of thiophene rings is 1. The molecule has 1 aromatic heterocycles. The van der Waals surface area contributed by atoms with Gasteiger partial charge in [-0.3, -0.25) is 4.79 Å². The number of carbonyl (C=O) groups excluding carboxylic acids is 2. The summed E-state index contributed by atoms with van der Waals surface area (Å²) in [5.74, 6) is 0.00970. The van der Waals surface area contributed by atoms with Gasteiger partial charge < -0.3 is 34.9 Å². The number of carboxylic acid groups (broad SMARTS) is 1. The van der Waals surface area contributed by atoms with Gasteiger partial charge >= 0.3 is 18.1 Å². The van der Waals surface area contributed by atoms with Gasteiger partial charge in [0.25, 0.3) is 0 Å². The Labute approximate surface area is 208 Å². The summed E-state index contributed by atoms with van der Waals surface area (Å²) < 4.78 is 16.1. The van der Waals surface area contributed by atoms with E-state index in [1.165, 1.54) is 4.90 Å². The van der Waals surface area contributed by atoms with Crippen LogP contribution in [0.2, 0.25) is 0 Å². The molecule has 2 heterocycles. The summed E-state index contributed by atoms with van der Waals surface area (Å²) in [5.41, 5.74) is 0.582. The normalized spacial score (nSPS) is 13.5. The quantitative estimate of drug-likeness (QED) is 0.396. The number of nitrogens with zero attached hydrogens (tertiary/aromatic N) is 1. The molecule has 3 amide bonds. The van der Waals surface area contributed by atoms with E-state index in [0.29, 0.717) is 30.0 Å². The first-order valence-electron chi connectivity index (χ1n) is 11.4. The minimum absolute atomic E-state index is 0.00859. The molecule has 0 fully saturated rings. The maximum absolute atomic E-state index is 12.8. The predicted molar refractivity (Wildman–Crippen MR) is 130 cm³/mol. The number of ether oxygens (including phenoxy) is 3. The summed E-state index contributed by atoms with van der Waals surface area (Å²) in [7, 11) is 1.66. The van der Waals surface area contributed by atoms with Crippen molar-refractivity contribution in [3.63, 3.8) is 0 Å². The number of carboxylic acids is 1. The van der Waals surface area contributed by atoms with Crippen LogP contribution in [0.25, 0.3) is 0 Å². The Bertz CT molecular complexity index is 999. The molecule has 3 N–H and O–H groups in total. The maximum Gasteiger partial charge on any atom is 0.409 e. The lowest BCUT2D eigenvalue weighted by molar-refractivity contribution is -0.137. The summed E-state index contributed by atoms with van der Waals surface area (Å²) in [5, 5.41) is 16.8. The number of aliphatic carboxylic acids is 1. The Kier molecular flexibility index (Phi) is 9.59. The lowest BCUT2D eigenvalue weighted by Gasteiger charge is -2.23. The van der Waals surface area contributed by atoms with Crippen molar-refractivity contribution in [3.8, 4) is 11.5 Å². The first kappa shape index (κ1) is 26.1. The average Bonchev–Trinajstić information content (AvgIpc) is 3.51. The third-order valence-corrected chi connectivity index (χ3v) is 6.28. The smallest absolute Gasteiger partial charge is 0.409 e. The summed E-state index contributed by atoms with van der Waals surface area (Å²) in [4.78, 5) is 39.1. The highest BCUT2D eigenvalue weighted by atomic mass is 32.1. The number of rotatable bonds is 12. The number of fused-ring (bicyclic) bond motifs is 1. The van der Waals surface area contributed by atoms with E-state index in [9.17, 15) is 19.5 Å². The molecule has 1 aliphatic rings. The maximum atomic E-state index is 12.8.